The molecule has 1 heterocycles. The summed E-state index contributed by atoms with van der Waals surface area (Å²) >= 11 is 0. The van der Waals surface area contributed by atoms with Crippen LogP contribution in [-0.4, -0.2) is 42.0 Å². The van der Waals surface area contributed by atoms with Crippen molar-refractivity contribution in [3.63, 3.8) is 0 Å². The van der Waals surface area contributed by atoms with Crippen LogP contribution < -0.4 is 10.1 Å². The second-order valence-corrected chi connectivity index (χ2v) is 6.47. The van der Waals surface area contributed by atoms with Crippen LogP contribution >= 0.6 is 0 Å². The van der Waals surface area contributed by atoms with Gasteiger partial charge in [-0.15, -0.1) is 0 Å². The highest BCUT2D eigenvalue weighted by Gasteiger charge is 2.20. The molecule has 156 valence electrons. The smallest absolute Gasteiger partial charge is 0.270 e. The Balaban J connectivity index is 1.67. The largest absolute Gasteiger partial charge is 0.467 e. The molecule has 0 spiro atoms. The minimum atomic E-state index is -0.542. The number of nitrogens with one attached hydrogen (secondary N) is 1. The minimum absolute atomic E-state index is 0.00303. The Bertz CT molecular complexity index is 1010. The van der Waals surface area contributed by atoms with Gasteiger partial charge in [-0.2, -0.15) is 0 Å². The monoisotopic (exact) mass is 415 g/mol. The number of hydrogen-bond acceptors (Lipinski definition) is 6. The third-order valence-electron chi connectivity index (χ3n) is 4.22. The van der Waals surface area contributed by atoms with E-state index in [2.05, 4.69) is 5.32 Å². The van der Waals surface area contributed by atoms with Gasteiger partial charge in [-0.3, -0.25) is 19.7 Å². The maximum atomic E-state index is 12.9. The Morgan fingerprint density at radius 2 is 2.03 bits per heavy atom. The zero-order valence-electron chi connectivity index (χ0n) is 16.0. The summed E-state index contributed by atoms with van der Waals surface area (Å²) in [6.45, 7) is -0.0732. The van der Waals surface area contributed by atoms with E-state index in [1.54, 1.807) is 0 Å². The maximum Gasteiger partial charge on any atom is 0.270 e. The number of nitro benzene ring substituents is 1. The average molecular weight is 415 g/mol. The number of amides is 2. The molecule has 1 aliphatic rings. The molecule has 2 aromatic rings. The lowest BCUT2D eigenvalue weighted by molar-refractivity contribution is -0.385. The quantitative estimate of drug-likeness (QED) is 0.441. The molecule has 0 fully saturated rings. The normalized spacial score (nSPS) is 12.7. The molecule has 10 heteroatoms. The molecule has 1 aliphatic heterocycles. The van der Waals surface area contributed by atoms with Gasteiger partial charge in [0.1, 0.15) is 11.6 Å². The summed E-state index contributed by atoms with van der Waals surface area (Å²) in [5, 5.41) is 13.7. The summed E-state index contributed by atoms with van der Waals surface area (Å²) in [6.07, 6.45) is 2.59. The molecule has 0 aliphatic carbocycles. The van der Waals surface area contributed by atoms with Crippen molar-refractivity contribution in [2.24, 2.45) is 0 Å². The van der Waals surface area contributed by atoms with Gasteiger partial charge in [0.25, 0.3) is 5.69 Å². The van der Waals surface area contributed by atoms with Crippen LogP contribution in [0.4, 0.5) is 15.8 Å². The first-order chi connectivity index (χ1) is 14.3. The van der Waals surface area contributed by atoms with Gasteiger partial charge in [0.15, 0.2) is 6.79 Å². The summed E-state index contributed by atoms with van der Waals surface area (Å²) < 4.78 is 23.5. The third kappa shape index (κ3) is 5.17. The highest BCUT2D eigenvalue weighted by molar-refractivity contribution is 5.98. The second-order valence-electron chi connectivity index (χ2n) is 6.47. The van der Waals surface area contributed by atoms with E-state index in [0.29, 0.717) is 22.6 Å². The Morgan fingerprint density at radius 1 is 1.30 bits per heavy atom. The van der Waals surface area contributed by atoms with E-state index < -0.39 is 22.6 Å². The zero-order chi connectivity index (χ0) is 21.7. The summed E-state index contributed by atoms with van der Waals surface area (Å²) in [5.41, 5.74) is 1.12. The molecule has 0 unspecified atom stereocenters. The zero-order valence-corrected chi connectivity index (χ0v) is 16.0. The van der Waals surface area contributed by atoms with Crippen LogP contribution in [0.25, 0.3) is 6.08 Å². The molecule has 2 amide bonds. The lowest BCUT2D eigenvalue weighted by Gasteiger charge is -2.19. The highest BCUT2D eigenvalue weighted by atomic mass is 19.1. The van der Waals surface area contributed by atoms with E-state index in [1.807, 2.05) is 0 Å². The van der Waals surface area contributed by atoms with Gasteiger partial charge in [0.05, 0.1) is 18.1 Å². The number of halogens is 1. The van der Waals surface area contributed by atoms with Crippen LogP contribution in [0.15, 0.2) is 42.5 Å². The molecule has 2 aromatic carbocycles. The molecular weight excluding hydrogens is 397 g/mol. The first kappa shape index (κ1) is 20.9. The number of likely N-dealkylation sites (N-methyl/N-ethyl adjacent to an activating group) is 1. The Morgan fingerprint density at radius 3 is 2.73 bits per heavy atom. The molecule has 1 N–H and O–H groups in total. The van der Waals surface area contributed by atoms with Gasteiger partial charge in [-0.25, -0.2) is 4.39 Å². The van der Waals surface area contributed by atoms with E-state index in [9.17, 15) is 24.1 Å². The molecule has 30 heavy (non-hydrogen) atoms. The number of nitro groups is 1. The third-order valence-corrected chi connectivity index (χ3v) is 4.22. The summed E-state index contributed by atoms with van der Waals surface area (Å²) in [4.78, 5) is 36.2. The molecule has 0 bridgehead atoms. The van der Waals surface area contributed by atoms with Gasteiger partial charge in [-0.1, -0.05) is 0 Å². The predicted molar refractivity (Wildman–Crippen MR) is 105 cm³/mol. The van der Waals surface area contributed by atoms with Crippen molar-refractivity contribution in [3.8, 4) is 5.75 Å². The minimum Gasteiger partial charge on any atom is -0.467 e. The van der Waals surface area contributed by atoms with Crippen LogP contribution in [0.2, 0.25) is 0 Å². The van der Waals surface area contributed by atoms with Crippen LogP contribution in [0.3, 0.4) is 0 Å². The first-order valence-corrected chi connectivity index (χ1v) is 8.84. The fourth-order valence-corrected chi connectivity index (χ4v) is 2.78. The van der Waals surface area contributed by atoms with E-state index in [0.717, 1.165) is 0 Å². The van der Waals surface area contributed by atoms with Crippen molar-refractivity contribution in [1.29, 1.82) is 0 Å². The number of ether oxygens (including phenoxy) is 2. The Hall–Kier alpha value is -3.79. The van der Waals surface area contributed by atoms with E-state index in [4.69, 9.17) is 9.47 Å². The molecule has 0 radical (unpaired) electrons. The average Bonchev–Trinajstić information content (AvgIpc) is 2.73. The lowest BCUT2D eigenvalue weighted by Crippen LogP contribution is -2.33. The molecule has 0 saturated carbocycles. The summed E-state index contributed by atoms with van der Waals surface area (Å²) in [6, 6.07) is 7.89. The number of nitrogens with zero attached hydrogens (tertiary/aromatic N) is 2. The molecule has 3 rings (SSSR count). The van der Waals surface area contributed by atoms with Gasteiger partial charge < -0.3 is 19.7 Å². The van der Waals surface area contributed by atoms with E-state index in [1.165, 1.54) is 60.5 Å². The van der Waals surface area contributed by atoms with Crippen molar-refractivity contribution < 1.29 is 28.4 Å². The van der Waals surface area contributed by atoms with Gasteiger partial charge >= 0.3 is 0 Å². The topological polar surface area (TPSA) is 111 Å². The number of rotatable bonds is 6. The number of non-ortho nitro benzene ring substituents is 1. The predicted octanol–water partition coefficient (Wildman–Crippen LogP) is 2.71. The van der Waals surface area contributed by atoms with Crippen molar-refractivity contribution in [2.75, 3.05) is 25.7 Å². The van der Waals surface area contributed by atoms with Gasteiger partial charge in [-0.05, 0) is 30.3 Å². The molecule has 0 saturated heterocycles. The van der Waals surface area contributed by atoms with Crippen molar-refractivity contribution in [3.05, 3.63) is 69.5 Å². The fraction of sp³-hybridized carbons (Fsp3) is 0.200. The number of carbonyl (C=O) groups is 2. The van der Waals surface area contributed by atoms with E-state index in [-0.39, 0.29) is 25.6 Å². The Labute approximate surface area is 170 Å². The number of benzene rings is 2. The van der Waals surface area contributed by atoms with Crippen molar-refractivity contribution in [1.82, 2.24) is 4.90 Å². The van der Waals surface area contributed by atoms with Crippen LogP contribution in [0.1, 0.15) is 11.1 Å². The Kier molecular flexibility index (Phi) is 6.38. The maximum absolute atomic E-state index is 12.9. The second kappa shape index (κ2) is 9.14. The summed E-state index contributed by atoms with van der Waals surface area (Å²) in [7, 11) is 1.43. The number of fused-ring (bicyclic) bond motifs is 1. The number of hydrogen-bond donors (Lipinski definition) is 1. The first-order valence-electron chi connectivity index (χ1n) is 8.84. The standard InChI is InChI=1S/C20H18FN3O6/c1-23(10-18(25)22-16-5-3-15(21)4-6-16)19(26)7-2-13-8-17(24(27)28)9-14-11-29-12-30-20(13)14/h2-9H,10-12H2,1H3,(H,22,25)/b7-2+. The molecular formula is C20H18FN3O6. The number of anilines is 1. The lowest BCUT2D eigenvalue weighted by atomic mass is 10.1. The van der Waals surface area contributed by atoms with Crippen LogP contribution in [0, 0.1) is 15.9 Å². The van der Waals surface area contributed by atoms with E-state index >= 15 is 0 Å². The highest BCUT2D eigenvalue weighted by Crippen LogP contribution is 2.33. The van der Waals surface area contributed by atoms with Gasteiger partial charge in [0.2, 0.25) is 11.8 Å². The van der Waals surface area contributed by atoms with Crippen LogP contribution in [0.5, 0.6) is 5.75 Å². The van der Waals surface area contributed by atoms with Crippen molar-refractivity contribution in [2.45, 2.75) is 6.61 Å². The number of carbonyl (C=O) groups excluding carboxylic acids is 2. The van der Waals surface area contributed by atoms with Crippen molar-refractivity contribution >= 4 is 29.3 Å². The fourth-order valence-electron chi connectivity index (χ4n) is 2.78. The summed E-state index contributed by atoms with van der Waals surface area (Å²) in [5.74, 6) is -0.965. The molecule has 9 nitrogen and oxygen atoms in total. The van der Waals surface area contributed by atoms with Gasteiger partial charge in [0, 0.05) is 42.1 Å². The molecule has 0 aromatic heterocycles. The van der Waals surface area contributed by atoms with Crippen LogP contribution in [-0.2, 0) is 20.9 Å². The molecule has 0 atom stereocenters. The SMILES string of the molecule is CN(CC(=O)Nc1ccc(F)cc1)C(=O)/C=C/c1cc([N+](=O)[O-])cc2c1OCOC2.